The number of aromatic carboxylic acids is 1. The lowest BCUT2D eigenvalue weighted by molar-refractivity contribution is 0.0691. The predicted octanol–water partition coefficient (Wildman–Crippen LogP) is 1.75. The number of pyridine rings is 1. The zero-order valence-corrected chi connectivity index (χ0v) is 7.68. The number of hydrogen-bond donors (Lipinski definition) is 1. The van der Waals surface area contributed by atoms with E-state index < -0.39 is 5.97 Å². The molecule has 0 atom stereocenters. The summed E-state index contributed by atoms with van der Waals surface area (Å²) in [5.74, 6) is -1.14. The van der Waals surface area contributed by atoms with Gasteiger partial charge in [-0.2, -0.15) is 0 Å². The Hall–Kier alpha value is -2.23. The third-order valence-electron chi connectivity index (χ3n) is 2.09. The monoisotopic (exact) mass is 201 g/mol. The highest BCUT2D eigenvalue weighted by molar-refractivity contribution is 5.99. The Labute approximate surface area is 85.2 Å². The maximum Gasteiger partial charge on any atom is 0.354 e. The quantitative estimate of drug-likeness (QED) is 0.751. The molecule has 1 heterocycles. The fourth-order valence-corrected chi connectivity index (χ4v) is 1.41. The first-order valence-electron chi connectivity index (χ1n) is 4.30. The highest BCUT2D eigenvalue weighted by Gasteiger charge is 2.09. The number of carbonyl (C=O) groups is 2. The molecule has 0 bridgehead atoms. The van der Waals surface area contributed by atoms with Crippen LogP contribution in [0.4, 0.5) is 0 Å². The van der Waals surface area contributed by atoms with Gasteiger partial charge in [0.1, 0.15) is 5.69 Å². The predicted molar refractivity (Wildman–Crippen MR) is 54.1 cm³/mol. The highest BCUT2D eigenvalue weighted by Crippen LogP contribution is 2.16. The first kappa shape index (κ1) is 9.33. The molecule has 1 aromatic carbocycles. The van der Waals surface area contributed by atoms with Crippen molar-refractivity contribution in [3.8, 4) is 0 Å². The lowest BCUT2D eigenvalue weighted by Gasteiger charge is -2.01. The minimum Gasteiger partial charge on any atom is -0.477 e. The van der Waals surface area contributed by atoms with E-state index in [4.69, 9.17) is 5.11 Å². The number of carbonyl (C=O) groups excluding carboxylic acids is 1. The smallest absolute Gasteiger partial charge is 0.354 e. The summed E-state index contributed by atoms with van der Waals surface area (Å²) in [6, 6.07) is 8.21. The lowest BCUT2D eigenvalue weighted by Crippen LogP contribution is -2.02. The molecule has 1 aromatic heterocycles. The van der Waals surface area contributed by atoms with Gasteiger partial charge in [-0.3, -0.25) is 4.79 Å². The number of nitrogens with zero attached hydrogens (tertiary/aromatic N) is 1. The molecule has 0 aliphatic rings. The maximum absolute atomic E-state index is 10.8. The molecule has 0 saturated heterocycles. The Kier molecular flexibility index (Phi) is 2.17. The molecular formula is C11H7NO3. The van der Waals surface area contributed by atoms with E-state index in [0.29, 0.717) is 22.8 Å². The van der Waals surface area contributed by atoms with Crippen molar-refractivity contribution in [3.05, 3.63) is 41.6 Å². The van der Waals surface area contributed by atoms with E-state index in [2.05, 4.69) is 4.98 Å². The molecule has 4 heteroatoms. The summed E-state index contributed by atoms with van der Waals surface area (Å²) in [6.45, 7) is 0. The van der Waals surface area contributed by atoms with Crippen LogP contribution in [-0.2, 0) is 0 Å². The number of hydrogen-bond acceptors (Lipinski definition) is 3. The molecule has 74 valence electrons. The average molecular weight is 201 g/mol. The van der Waals surface area contributed by atoms with Crippen LogP contribution in [0.25, 0.3) is 10.9 Å². The number of fused-ring (bicyclic) bond motifs is 1. The second-order valence-corrected chi connectivity index (χ2v) is 3.04. The van der Waals surface area contributed by atoms with Crippen LogP contribution in [0, 0.1) is 0 Å². The summed E-state index contributed by atoms with van der Waals surface area (Å²) in [6.07, 6.45) is 0.635. The zero-order chi connectivity index (χ0) is 10.8. The van der Waals surface area contributed by atoms with Crippen LogP contribution in [-0.4, -0.2) is 22.3 Å². The van der Waals surface area contributed by atoms with Crippen molar-refractivity contribution in [3.63, 3.8) is 0 Å². The minimum atomic E-state index is -1.14. The van der Waals surface area contributed by atoms with Crippen LogP contribution in [0.1, 0.15) is 20.8 Å². The maximum atomic E-state index is 10.8. The van der Waals surface area contributed by atoms with Gasteiger partial charge in [0.2, 0.25) is 0 Å². The second-order valence-electron chi connectivity index (χ2n) is 3.04. The van der Waals surface area contributed by atoms with Crippen molar-refractivity contribution >= 4 is 23.2 Å². The zero-order valence-electron chi connectivity index (χ0n) is 7.68. The molecule has 0 amide bonds. The van der Waals surface area contributed by atoms with E-state index in [1.165, 1.54) is 6.07 Å². The van der Waals surface area contributed by atoms with Gasteiger partial charge in [-0.05, 0) is 12.1 Å². The third-order valence-corrected chi connectivity index (χ3v) is 2.09. The third kappa shape index (κ3) is 1.57. The molecule has 0 saturated carbocycles. The van der Waals surface area contributed by atoms with Gasteiger partial charge in [-0.15, -0.1) is 0 Å². The van der Waals surface area contributed by atoms with Crippen molar-refractivity contribution in [2.45, 2.75) is 0 Å². The number of carboxylic acid groups (broad SMARTS) is 1. The van der Waals surface area contributed by atoms with Gasteiger partial charge in [0, 0.05) is 10.9 Å². The summed E-state index contributed by atoms with van der Waals surface area (Å²) in [5.41, 5.74) is 0.744. The van der Waals surface area contributed by atoms with E-state index in [9.17, 15) is 9.59 Å². The molecule has 2 aromatic rings. The van der Waals surface area contributed by atoms with Crippen LogP contribution in [0.2, 0.25) is 0 Å². The molecule has 15 heavy (non-hydrogen) atoms. The topological polar surface area (TPSA) is 67.3 Å². The van der Waals surface area contributed by atoms with Gasteiger partial charge in [-0.25, -0.2) is 9.78 Å². The molecule has 0 radical (unpaired) electrons. The minimum absolute atomic E-state index is 0.115. The van der Waals surface area contributed by atoms with Crippen LogP contribution < -0.4 is 0 Å². The average Bonchev–Trinajstić information content (AvgIpc) is 2.27. The summed E-state index contributed by atoms with van der Waals surface area (Å²) in [4.78, 5) is 25.4. The van der Waals surface area contributed by atoms with E-state index in [1.807, 2.05) is 0 Å². The van der Waals surface area contributed by atoms with Crippen molar-refractivity contribution in [1.82, 2.24) is 4.98 Å². The Morgan fingerprint density at radius 2 is 2.07 bits per heavy atom. The van der Waals surface area contributed by atoms with E-state index >= 15 is 0 Å². The number of benzene rings is 1. The molecule has 0 unspecified atom stereocenters. The van der Waals surface area contributed by atoms with Crippen LogP contribution >= 0.6 is 0 Å². The summed E-state index contributed by atoms with van der Waals surface area (Å²) in [5, 5.41) is 9.45. The van der Waals surface area contributed by atoms with Crippen molar-refractivity contribution in [2.24, 2.45) is 0 Å². The fourth-order valence-electron chi connectivity index (χ4n) is 1.41. The molecule has 4 nitrogen and oxygen atoms in total. The number of rotatable bonds is 2. The van der Waals surface area contributed by atoms with Crippen molar-refractivity contribution < 1.29 is 14.7 Å². The van der Waals surface area contributed by atoms with E-state index in [1.54, 1.807) is 24.3 Å². The van der Waals surface area contributed by atoms with Crippen LogP contribution in [0.3, 0.4) is 0 Å². The largest absolute Gasteiger partial charge is 0.477 e. The highest BCUT2D eigenvalue weighted by atomic mass is 16.4. The Bertz CT molecular complexity index is 549. The summed E-state index contributed by atoms with van der Waals surface area (Å²) < 4.78 is 0. The molecule has 0 fully saturated rings. The van der Waals surface area contributed by atoms with Gasteiger partial charge in [0.05, 0.1) is 5.52 Å². The number of aldehydes is 1. The molecular weight excluding hydrogens is 194 g/mol. The number of para-hydroxylation sites is 1. The first-order valence-corrected chi connectivity index (χ1v) is 4.30. The first-order chi connectivity index (χ1) is 7.22. The molecule has 0 spiro atoms. The van der Waals surface area contributed by atoms with Gasteiger partial charge >= 0.3 is 5.97 Å². The Morgan fingerprint density at radius 1 is 1.33 bits per heavy atom. The van der Waals surface area contributed by atoms with Crippen LogP contribution in [0.15, 0.2) is 30.3 Å². The van der Waals surface area contributed by atoms with Gasteiger partial charge in [0.25, 0.3) is 0 Å². The van der Waals surface area contributed by atoms with Gasteiger partial charge < -0.3 is 5.11 Å². The molecule has 0 aliphatic carbocycles. The fraction of sp³-hybridized carbons (Fsp3) is 0. The number of carboxylic acids is 1. The second kappa shape index (κ2) is 3.49. The van der Waals surface area contributed by atoms with Crippen LogP contribution in [0.5, 0.6) is 0 Å². The number of aromatic nitrogens is 1. The van der Waals surface area contributed by atoms with E-state index in [-0.39, 0.29) is 5.69 Å². The molecule has 2 rings (SSSR count). The molecule has 0 aliphatic heterocycles. The Balaban J connectivity index is 2.82. The van der Waals surface area contributed by atoms with E-state index in [0.717, 1.165) is 0 Å². The SMILES string of the molecule is O=Cc1cc(C(=O)O)nc2ccccc12. The standard InChI is InChI=1S/C11H7NO3/c13-6-7-5-10(11(14)15)12-9-4-2-1-3-8(7)9/h1-6H,(H,14,15). The van der Waals surface area contributed by atoms with Gasteiger partial charge in [0.15, 0.2) is 6.29 Å². The van der Waals surface area contributed by atoms with Gasteiger partial charge in [-0.1, -0.05) is 18.2 Å². The lowest BCUT2D eigenvalue weighted by atomic mass is 10.1. The Morgan fingerprint density at radius 3 is 2.73 bits per heavy atom. The molecule has 1 N–H and O–H groups in total. The summed E-state index contributed by atoms with van der Waals surface area (Å²) >= 11 is 0. The van der Waals surface area contributed by atoms with Crippen molar-refractivity contribution in [2.75, 3.05) is 0 Å². The summed E-state index contributed by atoms with van der Waals surface area (Å²) in [7, 11) is 0. The normalized spacial score (nSPS) is 10.1. The van der Waals surface area contributed by atoms with Crippen molar-refractivity contribution in [1.29, 1.82) is 0 Å².